The molecule has 1 rings (SSSR count). The standard InChI is InChI=1S/C13H18N2/c1-11-5-8-14-9-6-12(7-10-15-11)13(2,3)4/h5-10H,1-4H3. The third kappa shape index (κ3) is 4.07. The first kappa shape index (κ1) is 11.6. The Hall–Kier alpha value is -1.44. The van der Waals surface area contributed by atoms with Crippen molar-refractivity contribution in [2.75, 3.05) is 0 Å². The molecule has 0 aliphatic heterocycles. The van der Waals surface area contributed by atoms with Gasteiger partial charge < -0.3 is 0 Å². The monoisotopic (exact) mass is 202 g/mol. The fourth-order valence-electron chi connectivity index (χ4n) is 1.16. The van der Waals surface area contributed by atoms with Crippen LogP contribution in [0.25, 0.3) is 0 Å². The van der Waals surface area contributed by atoms with Crippen LogP contribution in [0.2, 0.25) is 0 Å². The highest BCUT2D eigenvalue weighted by atomic mass is 14.7. The van der Waals surface area contributed by atoms with Crippen LogP contribution >= 0.6 is 0 Å². The molecular weight excluding hydrogens is 184 g/mol. The van der Waals surface area contributed by atoms with Gasteiger partial charge in [-0.15, -0.1) is 0 Å². The van der Waals surface area contributed by atoms with Gasteiger partial charge in [-0.1, -0.05) is 20.8 Å². The van der Waals surface area contributed by atoms with Crippen molar-refractivity contribution >= 4 is 0 Å². The molecule has 0 radical (unpaired) electrons. The number of nitrogens with zero attached hydrogens (tertiary/aromatic N) is 2. The summed E-state index contributed by atoms with van der Waals surface area (Å²) in [5.74, 6) is 0. The summed E-state index contributed by atoms with van der Waals surface area (Å²) in [5.41, 5.74) is 2.30. The van der Waals surface area contributed by atoms with Crippen LogP contribution in [-0.2, 0) is 5.41 Å². The Balaban J connectivity index is 3.28. The molecule has 1 heterocycles. The highest BCUT2D eigenvalue weighted by Crippen LogP contribution is 2.19. The van der Waals surface area contributed by atoms with E-state index in [0.29, 0.717) is 0 Å². The van der Waals surface area contributed by atoms with Gasteiger partial charge in [0.1, 0.15) is 0 Å². The summed E-state index contributed by atoms with van der Waals surface area (Å²) >= 11 is 0. The topological polar surface area (TPSA) is 25.8 Å². The third-order valence-corrected chi connectivity index (χ3v) is 2.14. The molecule has 2 nitrogen and oxygen atoms in total. The summed E-state index contributed by atoms with van der Waals surface area (Å²) in [5, 5.41) is 0. The van der Waals surface area contributed by atoms with Gasteiger partial charge in [-0.25, -0.2) is 0 Å². The van der Waals surface area contributed by atoms with Gasteiger partial charge in [0.05, 0.1) is 0 Å². The van der Waals surface area contributed by atoms with E-state index >= 15 is 0 Å². The first-order valence-corrected chi connectivity index (χ1v) is 5.11. The maximum Gasteiger partial charge on any atom is 0.0387 e. The molecule has 0 amide bonds. The fraction of sp³-hybridized carbons (Fsp3) is 0.385. The highest BCUT2D eigenvalue weighted by molar-refractivity contribution is 5.17. The molecule has 0 saturated carbocycles. The van der Waals surface area contributed by atoms with Crippen molar-refractivity contribution in [3.63, 3.8) is 0 Å². The molecule has 0 aromatic carbocycles. The van der Waals surface area contributed by atoms with E-state index < -0.39 is 0 Å². The van der Waals surface area contributed by atoms with Gasteiger partial charge in [0.25, 0.3) is 0 Å². The average molecular weight is 202 g/mol. The average Bonchev–Trinajstić information content (AvgIpc) is 2.13. The Morgan fingerprint density at radius 1 is 0.933 bits per heavy atom. The minimum absolute atomic E-state index is 0.120. The van der Waals surface area contributed by atoms with E-state index in [9.17, 15) is 0 Å². The maximum atomic E-state index is 4.28. The number of hydrogen-bond acceptors (Lipinski definition) is 2. The van der Waals surface area contributed by atoms with E-state index in [2.05, 4.69) is 30.7 Å². The van der Waals surface area contributed by atoms with E-state index in [-0.39, 0.29) is 5.41 Å². The van der Waals surface area contributed by atoms with Crippen LogP contribution in [0, 0.1) is 6.92 Å². The zero-order valence-electron chi connectivity index (χ0n) is 9.86. The van der Waals surface area contributed by atoms with Crippen molar-refractivity contribution in [1.82, 2.24) is 9.97 Å². The predicted octanol–water partition coefficient (Wildman–Crippen LogP) is 3.21. The van der Waals surface area contributed by atoms with Crippen LogP contribution in [0.4, 0.5) is 0 Å². The number of rotatable bonds is 0. The molecule has 0 atom stereocenters. The molecule has 1 aromatic heterocycles. The van der Waals surface area contributed by atoms with Gasteiger partial charge in [-0.3, -0.25) is 9.97 Å². The molecule has 0 spiro atoms. The Morgan fingerprint density at radius 3 is 2.20 bits per heavy atom. The first-order chi connectivity index (χ1) is 7.00. The van der Waals surface area contributed by atoms with E-state index in [1.165, 1.54) is 5.56 Å². The lowest BCUT2D eigenvalue weighted by Crippen LogP contribution is -2.09. The van der Waals surface area contributed by atoms with Gasteiger partial charge in [-0.2, -0.15) is 0 Å². The van der Waals surface area contributed by atoms with Crippen LogP contribution < -0.4 is 0 Å². The summed E-state index contributed by atoms with van der Waals surface area (Å²) < 4.78 is 0. The Labute approximate surface area is 91.7 Å². The molecule has 15 heavy (non-hydrogen) atoms. The normalized spacial score (nSPS) is 10.7. The van der Waals surface area contributed by atoms with E-state index in [4.69, 9.17) is 0 Å². The lowest BCUT2D eigenvalue weighted by atomic mass is 9.88. The molecule has 0 unspecified atom stereocenters. The minimum Gasteiger partial charge on any atom is -0.265 e. The van der Waals surface area contributed by atoms with Crippen LogP contribution in [0.3, 0.4) is 0 Å². The number of aryl methyl sites for hydroxylation is 1. The third-order valence-electron chi connectivity index (χ3n) is 2.14. The van der Waals surface area contributed by atoms with Crippen LogP contribution in [0.15, 0.2) is 36.8 Å². The lowest BCUT2D eigenvalue weighted by Gasteiger charge is -2.17. The summed E-state index contributed by atoms with van der Waals surface area (Å²) in [6, 6.07) is 5.95. The van der Waals surface area contributed by atoms with E-state index in [0.717, 1.165) is 5.69 Å². The molecule has 0 saturated heterocycles. The van der Waals surface area contributed by atoms with Crippen molar-refractivity contribution in [2.45, 2.75) is 33.1 Å². The first-order valence-electron chi connectivity index (χ1n) is 5.11. The van der Waals surface area contributed by atoms with Gasteiger partial charge in [0, 0.05) is 24.3 Å². The van der Waals surface area contributed by atoms with Gasteiger partial charge in [-0.05, 0) is 36.1 Å². The van der Waals surface area contributed by atoms with Crippen molar-refractivity contribution in [3.05, 3.63) is 48.0 Å². The second-order valence-electron chi connectivity index (χ2n) is 4.57. The molecular formula is C13H18N2. The molecule has 1 aromatic rings. The van der Waals surface area contributed by atoms with Crippen molar-refractivity contribution < 1.29 is 0 Å². The minimum atomic E-state index is 0.120. The predicted molar refractivity (Wildman–Crippen MR) is 63.1 cm³/mol. The fourth-order valence-corrected chi connectivity index (χ4v) is 1.16. The SMILES string of the molecule is Cc1ccnccc(C(C)(C)C)ccn1. The second kappa shape index (κ2) is 4.87. The zero-order chi connectivity index (χ0) is 11.3. The highest BCUT2D eigenvalue weighted by Gasteiger charge is 2.11. The van der Waals surface area contributed by atoms with Gasteiger partial charge >= 0.3 is 0 Å². The maximum absolute atomic E-state index is 4.28. The Bertz CT molecular complexity index is 377. The summed E-state index contributed by atoms with van der Waals surface area (Å²) in [6.07, 6.45) is 5.42. The Kier molecular flexibility index (Phi) is 3.78. The van der Waals surface area contributed by atoms with Gasteiger partial charge in [0.2, 0.25) is 0 Å². The largest absolute Gasteiger partial charge is 0.265 e. The van der Waals surface area contributed by atoms with Crippen LogP contribution in [0.1, 0.15) is 32.0 Å². The molecule has 0 aliphatic rings. The number of aromatic nitrogens is 2. The number of hydrogen-bond donors (Lipinski definition) is 0. The second-order valence-corrected chi connectivity index (χ2v) is 4.57. The molecule has 2 heteroatoms. The summed E-state index contributed by atoms with van der Waals surface area (Å²) in [4.78, 5) is 8.43. The zero-order valence-corrected chi connectivity index (χ0v) is 9.86. The molecule has 0 N–H and O–H groups in total. The van der Waals surface area contributed by atoms with Crippen molar-refractivity contribution in [3.8, 4) is 0 Å². The van der Waals surface area contributed by atoms with E-state index in [1.54, 1.807) is 6.20 Å². The lowest BCUT2D eigenvalue weighted by molar-refractivity contribution is 0.590. The quantitative estimate of drug-likeness (QED) is 0.645. The summed E-state index contributed by atoms with van der Waals surface area (Å²) in [6.45, 7) is 8.48. The van der Waals surface area contributed by atoms with Crippen LogP contribution in [-0.4, -0.2) is 9.97 Å². The molecule has 80 valence electrons. The Morgan fingerprint density at radius 2 is 1.53 bits per heavy atom. The van der Waals surface area contributed by atoms with Gasteiger partial charge in [0.15, 0.2) is 0 Å². The van der Waals surface area contributed by atoms with Crippen molar-refractivity contribution in [2.24, 2.45) is 0 Å². The molecule has 0 bridgehead atoms. The van der Waals surface area contributed by atoms with Crippen LogP contribution in [0.5, 0.6) is 0 Å². The smallest absolute Gasteiger partial charge is 0.0387 e. The molecule has 0 fully saturated rings. The van der Waals surface area contributed by atoms with Crippen molar-refractivity contribution in [1.29, 1.82) is 0 Å². The molecule has 0 aliphatic carbocycles. The van der Waals surface area contributed by atoms with E-state index in [1.807, 2.05) is 37.5 Å². The summed E-state index contributed by atoms with van der Waals surface area (Å²) in [7, 11) is 0.